The molecule has 23 heavy (non-hydrogen) atoms. The summed E-state index contributed by atoms with van der Waals surface area (Å²) in [4.78, 5) is 13.0. The first-order valence-corrected chi connectivity index (χ1v) is 8.76. The lowest BCUT2D eigenvalue weighted by molar-refractivity contribution is -0.120. The van der Waals surface area contributed by atoms with Gasteiger partial charge in [-0.2, -0.15) is 0 Å². The number of carbonyl (C=O) groups excluding carboxylic acids is 1. The second-order valence-electron chi connectivity index (χ2n) is 4.81. The number of hydrogen-bond donors (Lipinski definition) is 1. The zero-order valence-electron chi connectivity index (χ0n) is 12.6. The van der Waals surface area contributed by atoms with Crippen molar-refractivity contribution in [1.82, 2.24) is 5.32 Å². The third-order valence-electron chi connectivity index (χ3n) is 2.98. The summed E-state index contributed by atoms with van der Waals surface area (Å²) in [5.74, 6) is 0.705. The molecule has 1 amide bonds. The molecule has 122 valence electrons. The summed E-state index contributed by atoms with van der Waals surface area (Å²) in [6.45, 7) is 2.73. The van der Waals surface area contributed by atoms with Gasteiger partial charge in [-0.05, 0) is 55.5 Å². The minimum Gasteiger partial charge on any atom is -0.492 e. The maximum atomic E-state index is 12.0. The highest BCUT2D eigenvalue weighted by atomic mass is 35.5. The van der Waals surface area contributed by atoms with Crippen molar-refractivity contribution < 1.29 is 9.53 Å². The van der Waals surface area contributed by atoms with Crippen LogP contribution in [0.4, 0.5) is 0 Å². The van der Waals surface area contributed by atoms with Gasteiger partial charge in [0.15, 0.2) is 0 Å². The Hall–Kier alpha value is -1.36. The molecule has 0 spiro atoms. The standard InChI is InChI=1S/C17H17Cl2NO2S/c1-12(23-16-8-4-14(19)5-9-16)17(21)20-10-11-22-15-6-2-13(18)3-7-15/h2-9,12H,10-11H2,1H3,(H,20,21). The molecule has 0 aliphatic carbocycles. The molecule has 0 saturated heterocycles. The van der Waals surface area contributed by atoms with Gasteiger partial charge in [0.1, 0.15) is 12.4 Å². The first kappa shape index (κ1) is 18.0. The summed E-state index contributed by atoms with van der Waals surface area (Å²) in [7, 11) is 0. The van der Waals surface area contributed by atoms with E-state index in [9.17, 15) is 4.79 Å². The van der Waals surface area contributed by atoms with Crippen molar-refractivity contribution in [2.24, 2.45) is 0 Å². The SMILES string of the molecule is CC(Sc1ccc(Cl)cc1)C(=O)NCCOc1ccc(Cl)cc1. The van der Waals surface area contributed by atoms with E-state index in [1.54, 1.807) is 24.3 Å². The number of amides is 1. The lowest BCUT2D eigenvalue weighted by Crippen LogP contribution is -2.33. The third kappa shape index (κ3) is 6.34. The average Bonchev–Trinajstić information content (AvgIpc) is 2.55. The summed E-state index contributed by atoms with van der Waals surface area (Å²) < 4.78 is 5.53. The average molecular weight is 370 g/mol. The highest BCUT2D eigenvalue weighted by Crippen LogP contribution is 2.24. The molecular weight excluding hydrogens is 353 g/mol. The van der Waals surface area contributed by atoms with E-state index in [1.165, 1.54) is 11.8 Å². The number of nitrogens with one attached hydrogen (secondary N) is 1. The van der Waals surface area contributed by atoms with Gasteiger partial charge in [0.05, 0.1) is 11.8 Å². The fourth-order valence-corrected chi connectivity index (χ4v) is 2.93. The van der Waals surface area contributed by atoms with Crippen LogP contribution in [0.5, 0.6) is 5.75 Å². The lowest BCUT2D eigenvalue weighted by atomic mass is 10.3. The van der Waals surface area contributed by atoms with Gasteiger partial charge in [0.2, 0.25) is 5.91 Å². The van der Waals surface area contributed by atoms with Gasteiger partial charge in [-0.1, -0.05) is 23.2 Å². The molecular formula is C17H17Cl2NO2S. The van der Waals surface area contributed by atoms with Crippen LogP contribution in [-0.2, 0) is 4.79 Å². The van der Waals surface area contributed by atoms with E-state index in [1.807, 2.05) is 31.2 Å². The van der Waals surface area contributed by atoms with Crippen LogP contribution in [0.3, 0.4) is 0 Å². The van der Waals surface area contributed by atoms with Crippen LogP contribution in [0.2, 0.25) is 10.0 Å². The maximum Gasteiger partial charge on any atom is 0.233 e. The summed E-state index contributed by atoms with van der Waals surface area (Å²) in [6, 6.07) is 14.6. The fraction of sp³-hybridized carbons (Fsp3) is 0.235. The molecule has 0 radical (unpaired) electrons. The van der Waals surface area contributed by atoms with Crippen LogP contribution >= 0.6 is 35.0 Å². The van der Waals surface area contributed by atoms with Crippen molar-refractivity contribution in [3.63, 3.8) is 0 Å². The Kier molecular flexibility index (Phi) is 7.09. The van der Waals surface area contributed by atoms with E-state index in [-0.39, 0.29) is 11.2 Å². The molecule has 1 N–H and O–H groups in total. The Bertz CT molecular complexity index is 632. The van der Waals surface area contributed by atoms with E-state index >= 15 is 0 Å². The number of rotatable bonds is 7. The van der Waals surface area contributed by atoms with Crippen molar-refractivity contribution in [2.75, 3.05) is 13.2 Å². The molecule has 3 nitrogen and oxygen atoms in total. The molecule has 2 aromatic rings. The maximum absolute atomic E-state index is 12.0. The fourth-order valence-electron chi connectivity index (χ4n) is 1.79. The van der Waals surface area contributed by atoms with Crippen molar-refractivity contribution in [1.29, 1.82) is 0 Å². The minimum atomic E-state index is -0.188. The van der Waals surface area contributed by atoms with Crippen LogP contribution in [0, 0.1) is 0 Å². The Morgan fingerprint density at radius 1 is 1.09 bits per heavy atom. The molecule has 2 rings (SSSR count). The smallest absolute Gasteiger partial charge is 0.233 e. The number of ether oxygens (including phenoxy) is 1. The largest absolute Gasteiger partial charge is 0.492 e. The Morgan fingerprint density at radius 2 is 1.65 bits per heavy atom. The van der Waals surface area contributed by atoms with Crippen LogP contribution in [0.1, 0.15) is 6.92 Å². The molecule has 2 aromatic carbocycles. The van der Waals surface area contributed by atoms with Crippen molar-refractivity contribution >= 4 is 40.9 Å². The van der Waals surface area contributed by atoms with Crippen LogP contribution < -0.4 is 10.1 Å². The first-order valence-electron chi connectivity index (χ1n) is 7.13. The van der Waals surface area contributed by atoms with Gasteiger partial charge < -0.3 is 10.1 Å². The molecule has 0 heterocycles. The molecule has 0 saturated carbocycles. The zero-order chi connectivity index (χ0) is 16.7. The lowest BCUT2D eigenvalue weighted by Gasteiger charge is -2.12. The number of thioether (sulfide) groups is 1. The van der Waals surface area contributed by atoms with E-state index < -0.39 is 0 Å². The molecule has 0 fully saturated rings. The Morgan fingerprint density at radius 3 is 2.26 bits per heavy atom. The van der Waals surface area contributed by atoms with Gasteiger partial charge >= 0.3 is 0 Å². The minimum absolute atomic E-state index is 0.0235. The van der Waals surface area contributed by atoms with Crippen molar-refractivity contribution in [2.45, 2.75) is 17.1 Å². The summed E-state index contributed by atoms with van der Waals surface area (Å²) >= 11 is 13.1. The van der Waals surface area contributed by atoms with E-state index in [0.717, 1.165) is 10.6 Å². The van der Waals surface area contributed by atoms with Crippen molar-refractivity contribution in [3.05, 3.63) is 58.6 Å². The summed E-state index contributed by atoms with van der Waals surface area (Å²) in [5, 5.41) is 4.02. The monoisotopic (exact) mass is 369 g/mol. The summed E-state index contributed by atoms with van der Waals surface area (Å²) in [6.07, 6.45) is 0. The normalized spacial score (nSPS) is 11.8. The van der Waals surface area contributed by atoms with Gasteiger partial charge in [0, 0.05) is 14.9 Å². The molecule has 1 atom stereocenters. The topological polar surface area (TPSA) is 38.3 Å². The quantitative estimate of drug-likeness (QED) is 0.569. The first-order chi connectivity index (χ1) is 11.0. The Labute approximate surface area is 150 Å². The van der Waals surface area contributed by atoms with Crippen LogP contribution in [0.15, 0.2) is 53.4 Å². The van der Waals surface area contributed by atoms with Gasteiger partial charge in [-0.15, -0.1) is 11.8 Å². The second-order valence-corrected chi connectivity index (χ2v) is 7.09. The highest BCUT2D eigenvalue weighted by molar-refractivity contribution is 8.00. The van der Waals surface area contributed by atoms with Gasteiger partial charge in [-0.25, -0.2) is 0 Å². The predicted octanol–water partition coefficient (Wildman–Crippen LogP) is 4.67. The van der Waals surface area contributed by atoms with Crippen LogP contribution in [-0.4, -0.2) is 24.3 Å². The molecule has 0 bridgehead atoms. The third-order valence-corrected chi connectivity index (χ3v) is 4.60. The predicted molar refractivity (Wildman–Crippen MR) is 96.7 cm³/mol. The number of carbonyl (C=O) groups is 1. The van der Waals surface area contributed by atoms with Crippen LogP contribution in [0.25, 0.3) is 0 Å². The van der Waals surface area contributed by atoms with E-state index in [4.69, 9.17) is 27.9 Å². The molecule has 6 heteroatoms. The molecule has 0 aliphatic rings. The summed E-state index contributed by atoms with van der Waals surface area (Å²) in [5.41, 5.74) is 0. The molecule has 0 aromatic heterocycles. The van der Waals surface area contributed by atoms with E-state index in [2.05, 4.69) is 5.32 Å². The Balaban J connectivity index is 1.69. The second kappa shape index (κ2) is 9.06. The highest BCUT2D eigenvalue weighted by Gasteiger charge is 2.13. The van der Waals surface area contributed by atoms with Gasteiger partial charge in [0.25, 0.3) is 0 Å². The molecule has 0 aliphatic heterocycles. The van der Waals surface area contributed by atoms with E-state index in [0.29, 0.717) is 23.2 Å². The van der Waals surface area contributed by atoms with Crippen molar-refractivity contribution in [3.8, 4) is 5.75 Å². The number of benzene rings is 2. The molecule has 1 unspecified atom stereocenters. The zero-order valence-corrected chi connectivity index (χ0v) is 14.9. The number of hydrogen-bond acceptors (Lipinski definition) is 3. The number of halogens is 2. The van der Waals surface area contributed by atoms with Gasteiger partial charge in [-0.3, -0.25) is 4.79 Å².